The van der Waals surface area contributed by atoms with Crippen molar-refractivity contribution in [3.63, 3.8) is 0 Å². The number of β-amino-alcohol motifs (C(OH)–C–C–N with tert-alkyl or cyclic N) is 1. The normalized spacial score (nSPS) is 21.0. The molecule has 1 fully saturated rings. The molecule has 3 aromatic rings. The summed E-state index contributed by atoms with van der Waals surface area (Å²) in [4.78, 5) is 9.05. The Bertz CT molecular complexity index is 823. The molecular weight excluding hydrogens is 306 g/mol. The molecule has 4 rings (SSSR count). The highest BCUT2D eigenvalue weighted by Crippen LogP contribution is 2.31. The number of benzene rings is 1. The monoisotopic (exact) mass is 325 g/mol. The maximum Gasteiger partial charge on any atom is 0.0801 e. The molecule has 0 bridgehead atoms. The molecule has 1 aliphatic rings. The first kappa shape index (κ1) is 14.6. The molecule has 1 aromatic carbocycles. The van der Waals surface area contributed by atoms with E-state index in [1.54, 1.807) is 11.3 Å². The second-order valence-corrected chi connectivity index (χ2v) is 6.88. The second-order valence-electron chi connectivity index (χ2n) is 6.03. The van der Waals surface area contributed by atoms with Gasteiger partial charge < -0.3 is 15.4 Å². The minimum Gasteiger partial charge on any atom is -0.392 e. The number of H-pyrrole nitrogens is 1. The topological polar surface area (TPSA) is 60.9 Å². The molecule has 2 atom stereocenters. The third-order valence-electron chi connectivity index (χ3n) is 4.37. The summed E-state index contributed by atoms with van der Waals surface area (Å²) in [5, 5.41) is 13.0. The molecular formula is C18H19N3OS. The van der Waals surface area contributed by atoms with Gasteiger partial charge in [-0.05, 0) is 42.7 Å². The van der Waals surface area contributed by atoms with Gasteiger partial charge in [-0.15, -0.1) is 11.3 Å². The fraction of sp³-hybridized carbons (Fsp3) is 0.278. The van der Waals surface area contributed by atoms with Crippen LogP contribution in [0.5, 0.6) is 0 Å². The van der Waals surface area contributed by atoms with Crippen molar-refractivity contribution in [3.8, 4) is 21.7 Å². The van der Waals surface area contributed by atoms with Gasteiger partial charge in [0.1, 0.15) is 0 Å². The van der Waals surface area contributed by atoms with Crippen LogP contribution in [-0.2, 0) is 0 Å². The largest absolute Gasteiger partial charge is 0.392 e. The minimum absolute atomic E-state index is 0.214. The summed E-state index contributed by atoms with van der Waals surface area (Å²) >= 11 is 1.67. The van der Waals surface area contributed by atoms with Crippen LogP contribution in [0.15, 0.2) is 41.9 Å². The van der Waals surface area contributed by atoms with Crippen molar-refractivity contribution < 1.29 is 5.11 Å². The molecule has 3 N–H and O–H groups in total. The van der Waals surface area contributed by atoms with Crippen LogP contribution in [0.2, 0.25) is 0 Å². The van der Waals surface area contributed by atoms with Gasteiger partial charge in [-0.1, -0.05) is 18.2 Å². The molecule has 1 saturated heterocycles. The maximum atomic E-state index is 9.67. The van der Waals surface area contributed by atoms with Crippen LogP contribution in [-0.4, -0.2) is 27.7 Å². The van der Waals surface area contributed by atoms with Gasteiger partial charge in [-0.3, -0.25) is 0 Å². The van der Waals surface area contributed by atoms with Crippen LogP contribution < -0.4 is 5.32 Å². The van der Waals surface area contributed by atoms with Gasteiger partial charge >= 0.3 is 0 Å². The van der Waals surface area contributed by atoms with Crippen LogP contribution in [0.1, 0.15) is 23.9 Å². The van der Waals surface area contributed by atoms with Crippen molar-refractivity contribution in [3.05, 3.63) is 53.3 Å². The number of rotatable bonds is 3. The van der Waals surface area contributed by atoms with Crippen LogP contribution >= 0.6 is 11.3 Å². The smallest absolute Gasteiger partial charge is 0.0801 e. The Labute approximate surface area is 139 Å². The maximum absolute atomic E-state index is 9.67. The van der Waals surface area contributed by atoms with E-state index >= 15 is 0 Å². The van der Waals surface area contributed by atoms with Crippen molar-refractivity contribution in [2.45, 2.75) is 25.5 Å². The SMILES string of the molecule is Cc1ncsc1-c1cccc(-c2ccc([C@@H]3C[C@@H](O)CN3)[nH]2)c1. The average molecular weight is 325 g/mol. The van der Waals surface area contributed by atoms with E-state index in [4.69, 9.17) is 0 Å². The number of hydrogen-bond donors (Lipinski definition) is 3. The van der Waals surface area contributed by atoms with Crippen LogP contribution in [0.4, 0.5) is 0 Å². The second kappa shape index (κ2) is 5.92. The van der Waals surface area contributed by atoms with E-state index in [1.165, 1.54) is 16.0 Å². The van der Waals surface area contributed by atoms with E-state index in [-0.39, 0.29) is 12.1 Å². The number of aryl methyl sites for hydroxylation is 1. The number of aromatic amines is 1. The summed E-state index contributed by atoms with van der Waals surface area (Å²) in [5.74, 6) is 0. The molecule has 118 valence electrons. The predicted octanol–water partition coefficient (Wildman–Crippen LogP) is 3.51. The number of aromatic nitrogens is 2. The van der Waals surface area contributed by atoms with Crippen molar-refractivity contribution >= 4 is 11.3 Å². The summed E-state index contributed by atoms with van der Waals surface area (Å²) in [6.45, 7) is 2.71. The van der Waals surface area contributed by atoms with Crippen LogP contribution in [0.25, 0.3) is 21.7 Å². The van der Waals surface area contributed by atoms with E-state index in [0.717, 1.165) is 23.5 Å². The predicted molar refractivity (Wildman–Crippen MR) is 93.4 cm³/mol. The van der Waals surface area contributed by atoms with Gasteiger partial charge in [0, 0.05) is 24.0 Å². The van der Waals surface area contributed by atoms with Crippen molar-refractivity contribution in [2.75, 3.05) is 6.54 Å². The Morgan fingerprint density at radius 1 is 1.22 bits per heavy atom. The Balaban J connectivity index is 1.64. The van der Waals surface area contributed by atoms with Crippen molar-refractivity contribution in [2.24, 2.45) is 0 Å². The molecule has 0 radical (unpaired) electrons. The fourth-order valence-corrected chi connectivity index (χ4v) is 3.95. The summed E-state index contributed by atoms with van der Waals surface area (Å²) in [7, 11) is 0. The molecule has 4 nitrogen and oxygen atoms in total. The Kier molecular flexibility index (Phi) is 3.77. The van der Waals surface area contributed by atoms with Crippen molar-refractivity contribution in [1.82, 2.24) is 15.3 Å². The van der Waals surface area contributed by atoms with E-state index in [9.17, 15) is 5.11 Å². The first-order valence-corrected chi connectivity index (χ1v) is 8.70. The quantitative estimate of drug-likeness (QED) is 0.690. The number of thiazole rings is 1. The number of hydrogen-bond acceptors (Lipinski definition) is 4. The third kappa shape index (κ3) is 2.83. The lowest BCUT2D eigenvalue weighted by Gasteiger charge is -2.08. The zero-order valence-electron chi connectivity index (χ0n) is 12.9. The minimum atomic E-state index is -0.246. The molecule has 0 aliphatic carbocycles. The van der Waals surface area contributed by atoms with E-state index < -0.39 is 0 Å². The molecule has 5 heteroatoms. The van der Waals surface area contributed by atoms with Gasteiger partial charge in [0.25, 0.3) is 0 Å². The zero-order valence-corrected chi connectivity index (χ0v) is 13.7. The van der Waals surface area contributed by atoms with Gasteiger partial charge in [0.05, 0.1) is 22.2 Å². The Morgan fingerprint density at radius 2 is 2.09 bits per heavy atom. The van der Waals surface area contributed by atoms with E-state index in [2.05, 4.69) is 51.7 Å². The zero-order chi connectivity index (χ0) is 15.8. The van der Waals surface area contributed by atoms with Gasteiger partial charge in [0.15, 0.2) is 0 Å². The van der Waals surface area contributed by atoms with E-state index in [0.29, 0.717) is 6.54 Å². The highest BCUT2D eigenvalue weighted by molar-refractivity contribution is 7.13. The number of nitrogens with zero attached hydrogens (tertiary/aromatic N) is 1. The molecule has 1 aliphatic heterocycles. The van der Waals surface area contributed by atoms with Gasteiger partial charge in [-0.25, -0.2) is 4.98 Å². The molecule has 23 heavy (non-hydrogen) atoms. The lowest BCUT2D eigenvalue weighted by molar-refractivity contribution is 0.193. The Morgan fingerprint density at radius 3 is 2.83 bits per heavy atom. The van der Waals surface area contributed by atoms with Crippen LogP contribution in [0.3, 0.4) is 0 Å². The summed E-state index contributed by atoms with van der Waals surface area (Å²) in [5.41, 5.74) is 7.57. The fourth-order valence-electron chi connectivity index (χ4n) is 3.14. The van der Waals surface area contributed by atoms with Crippen LogP contribution in [0, 0.1) is 6.92 Å². The molecule has 0 unspecified atom stereocenters. The standard InChI is InChI=1S/C18H19N3OS/c1-11-18(23-10-20-11)13-4-2-3-12(7-13)15-5-6-16(21-15)17-8-14(22)9-19-17/h2-7,10,14,17,19,21-22H,8-9H2,1H3/t14-,17+/m1/s1. The highest BCUT2D eigenvalue weighted by atomic mass is 32.1. The summed E-state index contributed by atoms with van der Waals surface area (Å²) in [6.07, 6.45) is 0.518. The number of aliphatic hydroxyl groups is 1. The van der Waals surface area contributed by atoms with Crippen molar-refractivity contribution in [1.29, 1.82) is 0 Å². The molecule has 0 saturated carbocycles. The average Bonchev–Trinajstić information content (AvgIpc) is 3.27. The summed E-state index contributed by atoms with van der Waals surface area (Å²) < 4.78 is 0. The first-order valence-electron chi connectivity index (χ1n) is 7.82. The lowest BCUT2D eigenvalue weighted by Crippen LogP contribution is -2.15. The third-order valence-corrected chi connectivity index (χ3v) is 5.35. The van der Waals surface area contributed by atoms with Gasteiger partial charge in [0.2, 0.25) is 0 Å². The first-order chi connectivity index (χ1) is 11.2. The molecule has 0 spiro atoms. The molecule has 2 aromatic heterocycles. The Hall–Kier alpha value is -1.95. The molecule has 3 heterocycles. The lowest BCUT2D eigenvalue weighted by atomic mass is 10.1. The van der Waals surface area contributed by atoms with Gasteiger partial charge in [-0.2, -0.15) is 0 Å². The molecule has 0 amide bonds. The number of aliphatic hydroxyl groups excluding tert-OH is 1. The summed E-state index contributed by atoms with van der Waals surface area (Å²) in [6, 6.07) is 13.0. The van der Waals surface area contributed by atoms with E-state index in [1.807, 2.05) is 12.4 Å². The highest BCUT2D eigenvalue weighted by Gasteiger charge is 2.24. The number of nitrogens with one attached hydrogen (secondary N) is 2.